The maximum absolute atomic E-state index is 10.2. The molecule has 0 amide bonds. The average Bonchev–Trinajstić information content (AvgIpc) is 2.03. The van der Waals surface area contributed by atoms with Crippen LogP contribution >= 0.6 is 0 Å². The second-order valence-electron chi connectivity index (χ2n) is 3.51. The van der Waals surface area contributed by atoms with Crippen LogP contribution in [0.15, 0.2) is 4.99 Å². The molecule has 0 spiro atoms. The molecule has 2 atom stereocenters. The quantitative estimate of drug-likeness (QED) is 0.449. The van der Waals surface area contributed by atoms with Crippen LogP contribution < -0.4 is 0 Å². The van der Waals surface area contributed by atoms with Crippen molar-refractivity contribution < 1.29 is 9.53 Å². The van der Waals surface area contributed by atoms with Crippen LogP contribution in [0.4, 0.5) is 0 Å². The number of nitriles is 1. The molecule has 1 heterocycles. The van der Waals surface area contributed by atoms with Crippen LogP contribution in [0.25, 0.3) is 0 Å². The van der Waals surface area contributed by atoms with Gasteiger partial charge in [-0.2, -0.15) is 10.3 Å². The molecule has 0 N–H and O–H groups in total. The number of ether oxygens (including phenoxy) is 1. The molecule has 1 aliphatic rings. The van der Waals surface area contributed by atoms with Gasteiger partial charge in [0.2, 0.25) is 6.08 Å². The second kappa shape index (κ2) is 3.69. The Balaban J connectivity index is 2.87. The van der Waals surface area contributed by atoms with Crippen LogP contribution in [-0.2, 0) is 9.53 Å². The Bertz CT molecular complexity index is 266. The lowest BCUT2D eigenvalue weighted by molar-refractivity contribution is -0.0484. The van der Waals surface area contributed by atoms with Crippen LogP contribution in [0.3, 0.4) is 0 Å². The lowest BCUT2D eigenvalue weighted by atomic mass is 9.86. The van der Waals surface area contributed by atoms with Crippen molar-refractivity contribution in [1.82, 2.24) is 0 Å². The third-order valence-electron chi connectivity index (χ3n) is 2.18. The Labute approximate surface area is 77.2 Å². The SMILES string of the molecule is CC1CC(C#N)(N=C=O)CC(C)O1. The normalized spacial score (nSPS) is 38.8. The van der Waals surface area contributed by atoms with E-state index < -0.39 is 5.54 Å². The van der Waals surface area contributed by atoms with Crippen molar-refractivity contribution in [2.45, 2.75) is 44.4 Å². The molecular weight excluding hydrogens is 168 g/mol. The first-order valence-electron chi connectivity index (χ1n) is 4.27. The van der Waals surface area contributed by atoms with Crippen LogP contribution in [0.1, 0.15) is 26.7 Å². The highest BCUT2D eigenvalue weighted by atomic mass is 16.5. The van der Waals surface area contributed by atoms with Gasteiger partial charge in [0.15, 0.2) is 5.54 Å². The molecule has 70 valence electrons. The minimum atomic E-state index is -0.904. The minimum absolute atomic E-state index is 0.0273. The highest BCUT2D eigenvalue weighted by Crippen LogP contribution is 2.31. The number of hydrogen-bond acceptors (Lipinski definition) is 4. The van der Waals surface area contributed by atoms with Gasteiger partial charge in [-0.25, -0.2) is 4.79 Å². The van der Waals surface area contributed by atoms with Gasteiger partial charge >= 0.3 is 0 Å². The molecule has 1 saturated heterocycles. The summed E-state index contributed by atoms with van der Waals surface area (Å²) in [5.41, 5.74) is -0.904. The maximum atomic E-state index is 10.2. The molecule has 1 aliphatic heterocycles. The maximum Gasteiger partial charge on any atom is 0.236 e. The van der Waals surface area contributed by atoms with Gasteiger partial charge in [0, 0.05) is 12.8 Å². The number of isocyanates is 1. The molecule has 0 aromatic heterocycles. The largest absolute Gasteiger partial charge is 0.375 e. The summed E-state index contributed by atoms with van der Waals surface area (Å²) in [6.07, 6.45) is 2.36. The van der Waals surface area contributed by atoms with E-state index in [2.05, 4.69) is 11.1 Å². The fraction of sp³-hybridized carbons (Fsp3) is 0.778. The number of nitrogens with zero attached hydrogens (tertiary/aromatic N) is 2. The molecule has 4 nitrogen and oxygen atoms in total. The zero-order valence-corrected chi connectivity index (χ0v) is 7.78. The average molecular weight is 180 g/mol. The van der Waals surface area contributed by atoms with Gasteiger partial charge in [-0.05, 0) is 13.8 Å². The van der Waals surface area contributed by atoms with Crippen molar-refractivity contribution in [3.05, 3.63) is 0 Å². The summed E-state index contributed by atoms with van der Waals surface area (Å²) in [5.74, 6) is 0. The number of aliphatic imine (C=N–C) groups is 1. The molecule has 0 aromatic carbocycles. The summed E-state index contributed by atoms with van der Waals surface area (Å²) in [5, 5.41) is 8.93. The fourth-order valence-corrected chi connectivity index (χ4v) is 1.82. The summed E-state index contributed by atoms with van der Waals surface area (Å²) in [4.78, 5) is 13.8. The van der Waals surface area contributed by atoms with E-state index in [1.165, 1.54) is 6.08 Å². The van der Waals surface area contributed by atoms with E-state index in [9.17, 15) is 4.79 Å². The van der Waals surface area contributed by atoms with Gasteiger partial charge < -0.3 is 4.74 Å². The third-order valence-corrected chi connectivity index (χ3v) is 2.18. The molecule has 13 heavy (non-hydrogen) atoms. The van der Waals surface area contributed by atoms with Gasteiger partial charge in [0.25, 0.3) is 0 Å². The summed E-state index contributed by atoms with van der Waals surface area (Å²) in [7, 11) is 0. The van der Waals surface area contributed by atoms with Crippen molar-refractivity contribution in [3.63, 3.8) is 0 Å². The van der Waals surface area contributed by atoms with Crippen molar-refractivity contribution in [3.8, 4) is 6.07 Å². The third kappa shape index (κ3) is 2.15. The van der Waals surface area contributed by atoms with Crippen LogP contribution in [-0.4, -0.2) is 23.8 Å². The van der Waals surface area contributed by atoms with Gasteiger partial charge in [-0.1, -0.05) is 0 Å². The Hall–Kier alpha value is -1.17. The monoisotopic (exact) mass is 180 g/mol. The first-order valence-corrected chi connectivity index (χ1v) is 4.27. The van der Waals surface area contributed by atoms with Crippen LogP contribution in [0, 0.1) is 11.3 Å². The predicted octanol–water partition coefficient (Wildman–Crippen LogP) is 1.17. The van der Waals surface area contributed by atoms with Crippen LogP contribution in [0.5, 0.6) is 0 Å². The van der Waals surface area contributed by atoms with E-state index in [0.717, 1.165) is 0 Å². The Morgan fingerprint density at radius 2 is 2.00 bits per heavy atom. The number of carbonyl (C=O) groups excluding carboxylic acids is 1. The molecule has 1 fully saturated rings. The van der Waals surface area contributed by atoms with Crippen molar-refractivity contribution in [1.29, 1.82) is 5.26 Å². The molecule has 0 radical (unpaired) electrons. The lowest BCUT2D eigenvalue weighted by Gasteiger charge is -2.34. The number of hydrogen-bond donors (Lipinski definition) is 0. The predicted molar refractivity (Wildman–Crippen MR) is 45.7 cm³/mol. The highest BCUT2D eigenvalue weighted by Gasteiger charge is 2.38. The Morgan fingerprint density at radius 1 is 1.46 bits per heavy atom. The second-order valence-corrected chi connectivity index (χ2v) is 3.51. The molecule has 4 heteroatoms. The topological polar surface area (TPSA) is 62.5 Å². The molecule has 0 aliphatic carbocycles. The number of rotatable bonds is 1. The zero-order chi connectivity index (χ0) is 9.90. The summed E-state index contributed by atoms with van der Waals surface area (Å²) >= 11 is 0. The van der Waals surface area contributed by atoms with E-state index in [0.29, 0.717) is 12.8 Å². The first kappa shape index (κ1) is 9.91. The van der Waals surface area contributed by atoms with E-state index in [1.54, 1.807) is 0 Å². The molecular formula is C9H12N2O2. The molecule has 0 aromatic rings. The van der Waals surface area contributed by atoms with Crippen molar-refractivity contribution in [2.24, 2.45) is 4.99 Å². The van der Waals surface area contributed by atoms with Crippen molar-refractivity contribution >= 4 is 6.08 Å². The fourth-order valence-electron chi connectivity index (χ4n) is 1.82. The lowest BCUT2D eigenvalue weighted by Crippen LogP contribution is -2.40. The summed E-state index contributed by atoms with van der Waals surface area (Å²) < 4.78 is 5.45. The van der Waals surface area contributed by atoms with Gasteiger partial charge in [-0.15, -0.1) is 0 Å². The summed E-state index contributed by atoms with van der Waals surface area (Å²) in [6, 6.07) is 2.07. The molecule has 0 saturated carbocycles. The van der Waals surface area contributed by atoms with E-state index in [1.807, 2.05) is 13.8 Å². The first-order chi connectivity index (χ1) is 6.12. The molecule has 0 bridgehead atoms. The molecule has 1 rings (SSSR count). The van der Waals surface area contributed by atoms with E-state index in [4.69, 9.17) is 10.00 Å². The smallest absolute Gasteiger partial charge is 0.236 e. The van der Waals surface area contributed by atoms with Crippen LogP contribution in [0.2, 0.25) is 0 Å². The van der Waals surface area contributed by atoms with Crippen molar-refractivity contribution in [2.75, 3.05) is 0 Å². The van der Waals surface area contributed by atoms with Gasteiger partial charge in [-0.3, -0.25) is 0 Å². The minimum Gasteiger partial charge on any atom is -0.375 e. The Morgan fingerprint density at radius 3 is 2.38 bits per heavy atom. The molecule has 2 unspecified atom stereocenters. The highest BCUT2D eigenvalue weighted by molar-refractivity contribution is 5.37. The Kier molecular flexibility index (Phi) is 2.82. The summed E-state index contributed by atoms with van der Waals surface area (Å²) in [6.45, 7) is 3.75. The van der Waals surface area contributed by atoms with E-state index in [-0.39, 0.29) is 12.2 Å². The van der Waals surface area contributed by atoms with Gasteiger partial charge in [0.05, 0.1) is 18.3 Å². The van der Waals surface area contributed by atoms with Gasteiger partial charge in [0.1, 0.15) is 0 Å². The zero-order valence-electron chi connectivity index (χ0n) is 7.78. The van der Waals surface area contributed by atoms with E-state index >= 15 is 0 Å². The standard InChI is InChI=1S/C9H12N2O2/c1-7-3-9(5-10,11-6-12)4-8(2)13-7/h7-8H,3-4H2,1-2H3.